The molecule has 1 fully saturated rings. The molecule has 0 bridgehead atoms. The number of pyridine rings is 1. The number of aromatic nitrogens is 1. The summed E-state index contributed by atoms with van der Waals surface area (Å²) in [6, 6.07) is 9.56. The van der Waals surface area contributed by atoms with E-state index in [4.69, 9.17) is 26.3 Å². The first-order chi connectivity index (χ1) is 14.5. The highest BCUT2D eigenvalue weighted by Gasteiger charge is 2.63. The van der Waals surface area contributed by atoms with Crippen molar-refractivity contribution in [2.45, 2.75) is 46.4 Å². The number of rotatable bonds is 6. The van der Waals surface area contributed by atoms with Gasteiger partial charge in [0.1, 0.15) is 17.9 Å². The number of methoxy groups -OCH3 is 1. The van der Waals surface area contributed by atoms with Crippen LogP contribution in [0.1, 0.15) is 49.3 Å². The summed E-state index contributed by atoms with van der Waals surface area (Å²) in [6.07, 6.45) is -0.151. The molecule has 1 heterocycles. The number of ether oxygens (including phenoxy) is 2. The molecule has 1 saturated carbocycles. The van der Waals surface area contributed by atoms with Gasteiger partial charge in [-0.15, -0.1) is 0 Å². The predicted molar refractivity (Wildman–Crippen MR) is 114 cm³/mol. The SMILES string of the molecule is COC(=O)c1ccc(F)nc1CNC1C(C)(C)C(Oc2ccc(C#N)c(Cl)c2)C1(C)C. The van der Waals surface area contributed by atoms with Crippen molar-refractivity contribution in [3.05, 3.63) is 58.1 Å². The van der Waals surface area contributed by atoms with Crippen molar-refractivity contribution >= 4 is 17.6 Å². The van der Waals surface area contributed by atoms with Gasteiger partial charge >= 0.3 is 5.97 Å². The van der Waals surface area contributed by atoms with Crippen molar-refractivity contribution < 1.29 is 18.7 Å². The highest BCUT2D eigenvalue weighted by Crippen LogP contribution is 2.55. The van der Waals surface area contributed by atoms with Crippen molar-refractivity contribution in [3.63, 3.8) is 0 Å². The average Bonchev–Trinajstić information content (AvgIpc) is 2.71. The molecular weight excluding hydrogens is 421 g/mol. The van der Waals surface area contributed by atoms with E-state index in [9.17, 15) is 9.18 Å². The summed E-state index contributed by atoms with van der Waals surface area (Å²) < 4.78 is 24.7. The molecule has 3 rings (SSSR count). The molecule has 1 aromatic carbocycles. The van der Waals surface area contributed by atoms with Crippen molar-refractivity contribution in [1.29, 1.82) is 5.26 Å². The van der Waals surface area contributed by atoms with Crippen molar-refractivity contribution in [2.75, 3.05) is 7.11 Å². The first kappa shape index (κ1) is 23.0. The van der Waals surface area contributed by atoms with Crippen LogP contribution >= 0.6 is 11.6 Å². The summed E-state index contributed by atoms with van der Waals surface area (Å²) >= 11 is 6.14. The van der Waals surface area contributed by atoms with Crippen molar-refractivity contribution in [3.8, 4) is 11.8 Å². The molecule has 2 aromatic rings. The summed E-state index contributed by atoms with van der Waals surface area (Å²) in [7, 11) is 1.28. The maximum absolute atomic E-state index is 13.7. The van der Waals surface area contributed by atoms with E-state index in [1.165, 1.54) is 13.2 Å². The number of nitriles is 1. The fourth-order valence-electron chi connectivity index (χ4n) is 4.85. The van der Waals surface area contributed by atoms with Crippen LogP contribution in [0.25, 0.3) is 0 Å². The molecule has 1 N–H and O–H groups in total. The molecule has 0 amide bonds. The maximum atomic E-state index is 13.7. The Bertz CT molecular complexity index is 1030. The first-order valence-electron chi connectivity index (χ1n) is 9.85. The highest BCUT2D eigenvalue weighted by atomic mass is 35.5. The molecule has 164 valence electrons. The van der Waals surface area contributed by atoms with Gasteiger partial charge in [0.05, 0.1) is 29.0 Å². The molecule has 0 aliphatic heterocycles. The number of hydrogen-bond donors (Lipinski definition) is 1. The number of nitrogens with zero attached hydrogens (tertiary/aromatic N) is 2. The molecule has 1 aliphatic carbocycles. The van der Waals surface area contributed by atoms with Crippen LogP contribution in [-0.2, 0) is 11.3 Å². The van der Waals surface area contributed by atoms with Gasteiger partial charge in [0.15, 0.2) is 0 Å². The topological polar surface area (TPSA) is 84.2 Å². The Morgan fingerprint density at radius 1 is 1.26 bits per heavy atom. The van der Waals surface area contributed by atoms with Crippen LogP contribution in [-0.4, -0.2) is 30.2 Å². The standard InChI is InChI=1S/C23H25ClFN3O3/c1-22(2)20(27-12-17-15(19(29)30-5)8-9-18(25)28-17)23(3,4)21(22)31-14-7-6-13(11-26)16(24)10-14/h6-10,20-21,27H,12H2,1-5H3. The van der Waals surface area contributed by atoms with Gasteiger partial charge < -0.3 is 14.8 Å². The first-order valence-corrected chi connectivity index (χ1v) is 10.2. The number of carbonyl (C=O) groups excluding carboxylic acids is 1. The van der Waals surface area contributed by atoms with E-state index in [0.717, 1.165) is 6.07 Å². The van der Waals surface area contributed by atoms with Crippen LogP contribution in [0, 0.1) is 28.1 Å². The minimum absolute atomic E-state index is 0.00517. The van der Waals surface area contributed by atoms with Crippen LogP contribution in [0.5, 0.6) is 5.75 Å². The number of benzene rings is 1. The Morgan fingerprint density at radius 3 is 2.52 bits per heavy atom. The van der Waals surface area contributed by atoms with Crippen molar-refractivity contribution in [2.24, 2.45) is 10.8 Å². The third kappa shape index (κ3) is 4.23. The van der Waals surface area contributed by atoms with Crippen molar-refractivity contribution in [1.82, 2.24) is 10.3 Å². The minimum Gasteiger partial charge on any atom is -0.489 e. The highest BCUT2D eigenvalue weighted by molar-refractivity contribution is 6.31. The minimum atomic E-state index is -0.657. The van der Waals surface area contributed by atoms with Gasteiger partial charge in [-0.2, -0.15) is 9.65 Å². The van der Waals surface area contributed by atoms with Gasteiger partial charge in [0.25, 0.3) is 0 Å². The predicted octanol–water partition coefficient (Wildman–Crippen LogP) is 4.50. The number of halogens is 2. The Balaban J connectivity index is 1.76. The van der Waals surface area contributed by atoms with Gasteiger partial charge in [-0.05, 0) is 24.3 Å². The zero-order valence-corrected chi connectivity index (χ0v) is 18.9. The van der Waals surface area contributed by atoms with E-state index in [2.05, 4.69) is 38.0 Å². The smallest absolute Gasteiger partial charge is 0.339 e. The number of carbonyl (C=O) groups is 1. The van der Waals surface area contributed by atoms with Gasteiger partial charge in [-0.3, -0.25) is 0 Å². The monoisotopic (exact) mass is 445 g/mol. The number of esters is 1. The molecule has 0 unspecified atom stereocenters. The van der Waals surface area contributed by atoms with Gasteiger partial charge in [-0.1, -0.05) is 39.3 Å². The lowest BCUT2D eigenvalue weighted by Crippen LogP contribution is -2.74. The summed E-state index contributed by atoms with van der Waals surface area (Å²) in [4.78, 5) is 15.9. The quantitative estimate of drug-likeness (QED) is 0.520. The third-order valence-corrected chi connectivity index (χ3v) is 6.29. The molecule has 0 atom stereocenters. The third-order valence-electron chi connectivity index (χ3n) is 5.97. The zero-order chi connectivity index (χ0) is 23.0. The van der Waals surface area contributed by atoms with Crippen LogP contribution < -0.4 is 10.1 Å². The lowest BCUT2D eigenvalue weighted by molar-refractivity contribution is -0.169. The lowest BCUT2D eigenvalue weighted by atomic mass is 9.49. The average molecular weight is 446 g/mol. The molecule has 0 saturated heterocycles. The van der Waals surface area contributed by atoms with E-state index in [1.54, 1.807) is 18.2 Å². The van der Waals surface area contributed by atoms with E-state index in [1.807, 2.05) is 6.07 Å². The summed E-state index contributed by atoms with van der Waals surface area (Å²) in [5, 5.41) is 12.8. The summed E-state index contributed by atoms with van der Waals surface area (Å²) in [5.41, 5.74) is 0.336. The molecule has 0 radical (unpaired) electrons. The molecule has 0 spiro atoms. The molecule has 6 nitrogen and oxygen atoms in total. The van der Waals surface area contributed by atoms with E-state index in [0.29, 0.717) is 22.0 Å². The largest absolute Gasteiger partial charge is 0.489 e. The van der Waals surface area contributed by atoms with Crippen LogP contribution in [0.2, 0.25) is 5.02 Å². The summed E-state index contributed by atoms with van der Waals surface area (Å²) in [6.45, 7) is 8.51. The summed E-state index contributed by atoms with van der Waals surface area (Å²) in [5.74, 6) is -0.626. The van der Waals surface area contributed by atoms with Crippen LogP contribution in [0.4, 0.5) is 4.39 Å². The van der Waals surface area contributed by atoms with Gasteiger partial charge in [0, 0.05) is 29.5 Å². The molecule has 1 aliphatic rings. The van der Waals surface area contributed by atoms with Crippen LogP contribution in [0.15, 0.2) is 30.3 Å². The van der Waals surface area contributed by atoms with Gasteiger partial charge in [0.2, 0.25) is 5.95 Å². The van der Waals surface area contributed by atoms with Gasteiger partial charge in [-0.25, -0.2) is 9.78 Å². The lowest BCUT2D eigenvalue weighted by Gasteiger charge is -2.63. The maximum Gasteiger partial charge on any atom is 0.339 e. The van der Waals surface area contributed by atoms with E-state index < -0.39 is 11.9 Å². The molecule has 31 heavy (non-hydrogen) atoms. The zero-order valence-electron chi connectivity index (χ0n) is 18.1. The Morgan fingerprint density at radius 2 is 1.94 bits per heavy atom. The molecule has 1 aromatic heterocycles. The van der Waals surface area contributed by atoms with E-state index in [-0.39, 0.29) is 35.1 Å². The second kappa shape index (κ2) is 8.45. The molecule has 8 heteroatoms. The number of hydrogen-bond acceptors (Lipinski definition) is 6. The Hall–Kier alpha value is -2.69. The fourth-order valence-corrected chi connectivity index (χ4v) is 5.07. The Labute approximate surface area is 186 Å². The fraction of sp³-hybridized carbons (Fsp3) is 0.435. The van der Waals surface area contributed by atoms with E-state index >= 15 is 0 Å². The second-order valence-corrected chi connectivity index (χ2v) is 9.24. The second-order valence-electron chi connectivity index (χ2n) is 8.83. The van der Waals surface area contributed by atoms with Crippen LogP contribution in [0.3, 0.4) is 0 Å². The normalized spacial score (nSPS) is 21.0. The molecular formula is C23H25ClFN3O3. The number of nitrogens with one attached hydrogen (secondary N) is 1. The Kier molecular flexibility index (Phi) is 6.26.